The van der Waals surface area contributed by atoms with E-state index in [4.69, 9.17) is 0 Å². The highest BCUT2D eigenvalue weighted by atomic mass is 79.9. The standard InChI is InChI=1S/C20H20BrFN2O3S/c1-15(16-5-7-18(22)8-6-16)13-20(25)23-9-11-24(12-10-23)28(26,27)19-4-2-3-17(21)14-19/h2-8,13-14H,9-12H2,1H3/b15-13-. The molecule has 0 aromatic heterocycles. The molecule has 1 fully saturated rings. The number of allylic oxidation sites excluding steroid dienone is 1. The minimum absolute atomic E-state index is 0.179. The van der Waals surface area contributed by atoms with E-state index in [0.717, 1.165) is 11.1 Å². The number of nitrogens with zero attached hydrogens (tertiary/aromatic N) is 2. The summed E-state index contributed by atoms with van der Waals surface area (Å²) in [6.07, 6.45) is 1.51. The van der Waals surface area contributed by atoms with Crippen LogP contribution in [0, 0.1) is 5.82 Å². The predicted octanol–water partition coefficient (Wildman–Crippen LogP) is 3.52. The third-order valence-electron chi connectivity index (χ3n) is 4.62. The van der Waals surface area contributed by atoms with Gasteiger partial charge in [-0.2, -0.15) is 4.31 Å². The second kappa shape index (κ2) is 8.55. The topological polar surface area (TPSA) is 57.7 Å². The van der Waals surface area contributed by atoms with Crippen molar-refractivity contribution in [3.05, 3.63) is 70.5 Å². The number of benzene rings is 2. The third-order valence-corrected chi connectivity index (χ3v) is 7.01. The summed E-state index contributed by atoms with van der Waals surface area (Å²) in [4.78, 5) is 14.4. The number of amides is 1. The van der Waals surface area contributed by atoms with Gasteiger partial charge in [0, 0.05) is 36.7 Å². The monoisotopic (exact) mass is 466 g/mol. The molecular weight excluding hydrogens is 447 g/mol. The van der Waals surface area contributed by atoms with Crippen LogP contribution in [-0.4, -0.2) is 49.7 Å². The minimum Gasteiger partial charge on any atom is -0.337 e. The van der Waals surface area contributed by atoms with Crippen LogP contribution in [0.5, 0.6) is 0 Å². The Hall–Kier alpha value is -2.03. The Kier molecular flexibility index (Phi) is 6.32. The van der Waals surface area contributed by atoms with Gasteiger partial charge in [-0.15, -0.1) is 0 Å². The molecule has 0 bridgehead atoms. The first kappa shape index (κ1) is 20.7. The maximum atomic E-state index is 13.0. The van der Waals surface area contributed by atoms with Crippen LogP contribution in [0.1, 0.15) is 12.5 Å². The Balaban J connectivity index is 1.65. The maximum absolute atomic E-state index is 13.0. The van der Waals surface area contributed by atoms with Crippen LogP contribution in [0.2, 0.25) is 0 Å². The summed E-state index contributed by atoms with van der Waals surface area (Å²) in [5.74, 6) is -0.507. The Labute approximate surface area is 172 Å². The first-order valence-electron chi connectivity index (χ1n) is 8.76. The van der Waals surface area contributed by atoms with Crippen molar-refractivity contribution in [2.75, 3.05) is 26.2 Å². The van der Waals surface area contributed by atoms with E-state index in [1.807, 2.05) is 0 Å². The molecule has 28 heavy (non-hydrogen) atoms. The van der Waals surface area contributed by atoms with E-state index in [1.54, 1.807) is 48.2 Å². The molecule has 1 saturated heterocycles. The molecule has 2 aromatic rings. The van der Waals surface area contributed by atoms with Crippen LogP contribution in [0.3, 0.4) is 0 Å². The first-order valence-corrected chi connectivity index (χ1v) is 11.0. The Bertz CT molecular complexity index is 998. The number of rotatable bonds is 4. The Morgan fingerprint density at radius 3 is 2.32 bits per heavy atom. The van der Waals surface area contributed by atoms with E-state index >= 15 is 0 Å². The molecule has 148 valence electrons. The molecule has 0 aliphatic carbocycles. The van der Waals surface area contributed by atoms with Crippen molar-refractivity contribution in [2.24, 2.45) is 0 Å². The largest absolute Gasteiger partial charge is 0.337 e. The first-order chi connectivity index (χ1) is 13.3. The van der Waals surface area contributed by atoms with Gasteiger partial charge in [0.25, 0.3) is 0 Å². The Morgan fingerprint density at radius 2 is 1.71 bits per heavy atom. The summed E-state index contributed by atoms with van der Waals surface area (Å²) < 4.78 is 40.7. The van der Waals surface area contributed by atoms with Crippen molar-refractivity contribution in [3.63, 3.8) is 0 Å². The van der Waals surface area contributed by atoms with Gasteiger partial charge in [0.15, 0.2) is 0 Å². The van der Waals surface area contributed by atoms with Gasteiger partial charge in [-0.25, -0.2) is 12.8 Å². The number of hydrogen-bond acceptors (Lipinski definition) is 3. The van der Waals surface area contributed by atoms with Crippen LogP contribution < -0.4 is 0 Å². The molecule has 0 spiro atoms. The fourth-order valence-electron chi connectivity index (χ4n) is 3.00. The lowest BCUT2D eigenvalue weighted by atomic mass is 10.1. The van der Waals surface area contributed by atoms with E-state index in [2.05, 4.69) is 15.9 Å². The molecule has 0 atom stereocenters. The minimum atomic E-state index is -3.59. The van der Waals surface area contributed by atoms with Gasteiger partial charge in [-0.05, 0) is 48.4 Å². The van der Waals surface area contributed by atoms with Gasteiger partial charge in [0.2, 0.25) is 15.9 Å². The average Bonchev–Trinajstić information content (AvgIpc) is 2.68. The normalized spacial score (nSPS) is 16.2. The number of carbonyl (C=O) groups is 1. The molecule has 2 aromatic carbocycles. The Morgan fingerprint density at radius 1 is 1.07 bits per heavy atom. The summed E-state index contributed by atoms with van der Waals surface area (Å²) in [5.41, 5.74) is 1.50. The lowest BCUT2D eigenvalue weighted by Crippen LogP contribution is -2.50. The lowest BCUT2D eigenvalue weighted by molar-refractivity contribution is -0.127. The van der Waals surface area contributed by atoms with Gasteiger partial charge in [-0.3, -0.25) is 4.79 Å². The summed E-state index contributed by atoms with van der Waals surface area (Å²) in [7, 11) is -3.59. The second-order valence-electron chi connectivity index (χ2n) is 6.52. The fourth-order valence-corrected chi connectivity index (χ4v) is 5.02. The molecule has 1 aliphatic heterocycles. The van der Waals surface area contributed by atoms with E-state index in [-0.39, 0.29) is 29.7 Å². The van der Waals surface area contributed by atoms with Gasteiger partial charge >= 0.3 is 0 Å². The van der Waals surface area contributed by atoms with Crippen LogP contribution in [0.4, 0.5) is 4.39 Å². The zero-order chi connectivity index (χ0) is 20.3. The zero-order valence-corrected chi connectivity index (χ0v) is 17.7. The van der Waals surface area contributed by atoms with Gasteiger partial charge in [0.1, 0.15) is 5.82 Å². The lowest BCUT2D eigenvalue weighted by Gasteiger charge is -2.33. The van der Waals surface area contributed by atoms with E-state index < -0.39 is 10.0 Å². The summed E-state index contributed by atoms with van der Waals surface area (Å²) in [5, 5.41) is 0. The van der Waals surface area contributed by atoms with E-state index in [1.165, 1.54) is 22.5 Å². The van der Waals surface area contributed by atoms with Crippen molar-refractivity contribution in [3.8, 4) is 0 Å². The zero-order valence-electron chi connectivity index (χ0n) is 15.3. The van der Waals surface area contributed by atoms with E-state index in [0.29, 0.717) is 17.6 Å². The highest BCUT2D eigenvalue weighted by Gasteiger charge is 2.29. The summed E-state index contributed by atoms with van der Waals surface area (Å²) in [6, 6.07) is 12.5. The maximum Gasteiger partial charge on any atom is 0.246 e. The summed E-state index contributed by atoms with van der Waals surface area (Å²) >= 11 is 3.29. The number of halogens is 2. The fraction of sp³-hybridized carbons (Fsp3) is 0.250. The molecular formula is C20H20BrFN2O3S. The highest BCUT2D eigenvalue weighted by Crippen LogP contribution is 2.21. The molecule has 0 N–H and O–H groups in total. The SMILES string of the molecule is C/C(=C/C(=O)N1CCN(S(=O)(=O)c2cccc(Br)c2)CC1)c1ccc(F)cc1. The smallest absolute Gasteiger partial charge is 0.246 e. The quantitative estimate of drug-likeness (QED) is 0.647. The molecule has 0 saturated carbocycles. The average molecular weight is 467 g/mol. The van der Waals surface area contributed by atoms with Crippen molar-refractivity contribution in [1.29, 1.82) is 0 Å². The van der Waals surface area contributed by atoms with Crippen LogP contribution in [0.15, 0.2) is 64.0 Å². The van der Waals surface area contributed by atoms with Crippen LogP contribution >= 0.6 is 15.9 Å². The number of piperazine rings is 1. The van der Waals surface area contributed by atoms with Gasteiger partial charge in [0.05, 0.1) is 4.90 Å². The summed E-state index contributed by atoms with van der Waals surface area (Å²) in [6.45, 7) is 2.91. The second-order valence-corrected chi connectivity index (χ2v) is 9.37. The van der Waals surface area contributed by atoms with Crippen molar-refractivity contribution < 1.29 is 17.6 Å². The van der Waals surface area contributed by atoms with Crippen LogP contribution in [-0.2, 0) is 14.8 Å². The number of sulfonamides is 1. The molecule has 8 heteroatoms. The highest BCUT2D eigenvalue weighted by molar-refractivity contribution is 9.10. The predicted molar refractivity (Wildman–Crippen MR) is 110 cm³/mol. The molecule has 5 nitrogen and oxygen atoms in total. The van der Waals surface area contributed by atoms with E-state index in [9.17, 15) is 17.6 Å². The molecule has 1 amide bonds. The van der Waals surface area contributed by atoms with Crippen molar-refractivity contribution >= 4 is 37.4 Å². The van der Waals surface area contributed by atoms with Gasteiger partial charge in [-0.1, -0.05) is 34.1 Å². The molecule has 3 rings (SSSR count). The molecule has 0 unspecified atom stereocenters. The number of hydrogen-bond donors (Lipinski definition) is 0. The van der Waals surface area contributed by atoms with Gasteiger partial charge < -0.3 is 4.90 Å². The molecule has 1 aliphatic rings. The van der Waals surface area contributed by atoms with Crippen molar-refractivity contribution in [2.45, 2.75) is 11.8 Å². The van der Waals surface area contributed by atoms with Crippen LogP contribution in [0.25, 0.3) is 5.57 Å². The number of carbonyl (C=O) groups excluding carboxylic acids is 1. The van der Waals surface area contributed by atoms with Crippen molar-refractivity contribution in [1.82, 2.24) is 9.21 Å². The molecule has 0 radical (unpaired) electrons. The molecule has 1 heterocycles. The third kappa shape index (κ3) is 4.68.